The Bertz CT molecular complexity index is 2440. The van der Waals surface area contributed by atoms with E-state index in [9.17, 15) is 14.7 Å². The summed E-state index contributed by atoms with van der Waals surface area (Å²) in [5, 5.41) is 15.3. The maximum atomic E-state index is 14.0. The second-order valence-corrected chi connectivity index (χ2v) is 14.8. The smallest absolute Gasteiger partial charge is 0.351 e. The van der Waals surface area contributed by atoms with Crippen LogP contribution in [0.15, 0.2) is 133 Å². The first-order chi connectivity index (χ1) is 28.6. The van der Waals surface area contributed by atoms with Crippen molar-refractivity contribution in [1.82, 2.24) is 19.5 Å². The molecule has 1 amide bonds. The van der Waals surface area contributed by atoms with Crippen LogP contribution in [0.3, 0.4) is 0 Å². The number of carbonyl (C=O) groups excluding carboxylic acids is 1. The molecule has 2 aliphatic heterocycles. The monoisotopic (exact) mass is 795 g/mol. The summed E-state index contributed by atoms with van der Waals surface area (Å²) < 4.78 is 26.6. The van der Waals surface area contributed by atoms with Crippen LogP contribution in [0.4, 0.5) is 17.5 Å². The van der Waals surface area contributed by atoms with Crippen molar-refractivity contribution in [1.29, 1.82) is 0 Å². The third-order valence-corrected chi connectivity index (χ3v) is 11.1. The molecule has 4 atom stereocenters. The minimum absolute atomic E-state index is 0.122. The highest BCUT2D eigenvalue weighted by Gasteiger charge is 2.65. The quantitative estimate of drug-likeness (QED) is 0.148. The van der Waals surface area contributed by atoms with Gasteiger partial charge in [-0.25, -0.2) is 14.8 Å². The van der Waals surface area contributed by atoms with E-state index < -0.39 is 41.2 Å². The number of rotatable bonds is 13. The molecule has 0 radical (unpaired) electrons. The zero-order valence-electron chi connectivity index (χ0n) is 33.4. The van der Waals surface area contributed by atoms with Crippen LogP contribution in [0.1, 0.15) is 38.8 Å². The molecule has 302 valence electrons. The van der Waals surface area contributed by atoms with Crippen LogP contribution in [0, 0.1) is 6.92 Å². The van der Waals surface area contributed by atoms with Crippen LogP contribution in [0.25, 0.3) is 0 Å². The Morgan fingerprint density at radius 1 is 0.898 bits per heavy atom. The number of aromatic nitrogens is 4. The first-order valence-corrected chi connectivity index (χ1v) is 19.1. The van der Waals surface area contributed by atoms with Gasteiger partial charge < -0.3 is 39.2 Å². The minimum atomic E-state index is -1.38. The Kier molecular flexibility index (Phi) is 10.6. The SMILES string of the molecule is COc1ccc(C(OC[C@@]23CN(c4cc(N(C)C)ncn4)[C@@H]([C@H](n4cc(C)c(NC(=O)c5ccccc5)nc4=O)O2)[C@@H]3O)(c2ccccc2)c2ccc(OC)cc2)cc1. The molecule has 0 saturated carbocycles. The highest BCUT2D eigenvalue weighted by molar-refractivity contribution is 6.04. The molecule has 2 fully saturated rings. The van der Waals surface area contributed by atoms with Crippen molar-refractivity contribution in [3.8, 4) is 11.5 Å². The number of hydrogen-bond donors (Lipinski definition) is 2. The molecular formula is C45H45N7O7. The third kappa shape index (κ3) is 7.15. The van der Waals surface area contributed by atoms with Gasteiger partial charge in [0.15, 0.2) is 6.23 Å². The number of morpholine rings is 1. The number of benzene rings is 4. The molecule has 2 aromatic heterocycles. The van der Waals surface area contributed by atoms with Gasteiger partial charge in [-0.05, 0) is 60.0 Å². The Morgan fingerprint density at radius 2 is 1.49 bits per heavy atom. The van der Waals surface area contributed by atoms with Gasteiger partial charge in [-0.1, -0.05) is 72.8 Å². The molecule has 14 heteroatoms. The van der Waals surface area contributed by atoms with E-state index >= 15 is 0 Å². The normalized spacial score (nSPS) is 19.7. The van der Waals surface area contributed by atoms with Crippen molar-refractivity contribution in [2.24, 2.45) is 0 Å². The zero-order valence-corrected chi connectivity index (χ0v) is 33.4. The van der Waals surface area contributed by atoms with E-state index in [2.05, 4.69) is 20.3 Å². The first kappa shape index (κ1) is 39.2. The van der Waals surface area contributed by atoms with Gasteiger partial charge in [0, 0.05) is 37.5 Å². The lowest BCUT2D eigenvalue weighted by Gasteiger charge is -2.41. The summed E-state index contributed by atoms with van der Waals surface area (Å²) in [6.45, 7) is 1.79. The maximum absolute atomic E-state index is 14.0. The topological polar surface area (TPSA) is 153 Å². The van der Waals surface area contributed by atoms with Crippen molar-refractivity contribution >= 4 is 23.4 Å². The molecule has 2 aliphatic rings. The Balaban J connectivity index is 1.22. The summed E-state index contributed by atoms with van der Waals surface area (Å²) in [6.07, 6.45) is 0.855. The molecule has 8 rings (SSSR count). The molecule has 14 nitrogen and oxygen atoms in total. The molecule has 2 bridgehead atoms. The fraction of sp³-hybridized carbons (Fsp3) is 0.267. The van der Waals surface area contributed by atoms with Gasteiger partial charge in [-0.2, -0.15) is 4.98 Å². The summed E-state index contributed by atoms with van der Waals surface area (Å²) >= 11 is 0. The lowest BCUT2D eigenvalue weighted by molar-refractivity contribution is -0.159. The number of ether oxygens (including phenoxy) is 4. The predicted molar refractivity (Wildman–Crippen MR) is 222 cm³/mol. The van der Waals surface area contributed by atoms with E-state index in [-0.39, 0.29) is 19.0 Å². The second-order valence-electron chi connectivity index (χ2n) is 14.8. The number of anilines is 3. The fourth-order valence-corrected chi connectivity index (χ4v) is 8.00. The lowest BCUT2D eigenvalue weighted by atomic mass is 9.79. The number of methoxy groups -OCH3 is 2. The van der Waals surface area contributed by atoms with Crippen molar-refractivity contribution in [2.75, 3.05) is 56.6 Å². The van der Waals surface area contributed by atoms with Gasteiger partial charge in [0.25, 0.3) is 5.91 Å². The maximum Gasteiger partial charge on any atom is 0.351 e. The Morgan fingerprint density at radius 3 is 2.08 bits per heavy atom. The van der Waals surface area contributed by atoms with Gasteiger partial charge >= 0.3 is 5.69 Å². The van der Waals surface area contributed by atoms with Gasteiger partial charge in [0.1, 0.15) is 58.6 Å². The summed E-state index contributed by atoms with van der Waals surface area (Å²) in [7, 11) is 7.00. The van der Waals surface area contributed by atoms with Crippen LogP contribution in [0.5, 0.6) is 11.5 Å². The summed E-state index contributed by atoms with van der Waals surface area (Å²) in [6, 6.07) is 34.9. The summed E-state index contributed by atoms with van der Waals surface area (Å²) in [5.41, 5.74) is 0.0987. The summed E-state index contributed by atoms with van der Waals surface area (Å²) in [4.78, 5) is 44.2. The molecule has 2 saturated heterocycles. The first-order valence-electron chi connectivity index (χ1n) is 19.1. The lowest BCUT2D eigenvalue weighted by Crippen LogP contribution is -2.51. The molecule has 0 unspecified atom stereocenters. The van der Waals surface area contributed by atoms with Crippen LogP contribution >= 0.6 is 0 Å². The number of nitrogens with one attached hydrogen (secondary N) is 1. The van der Waals surface area contributed by atoms with Crippen LogP contribution < -0.4 is 30.3 Å². The van der Waals surface area contributed by atoms with E-state index in [1.807, 2.05) is 115 Å². The molecule has 4 heterocycles. The van der Waals surface area contributed by atoms with Crippen LogP contribution in [0.2, 0.25) is 0 Å². The third-order valence-electron chi connectivity index (χ3n) is 11.1. The number of fused-ring (bicyclic) bond motifs is 2. The van der Waals surface area contributed by atoms with Gasteiger partial charge in [-0.15, -0.1) is 0 Å². The van der Waals surface area contributed by atoms with Crippen molar-refractivity contribution < 1.29 is 28.8 Å². The van der Waals surface area contributed by atoms with E-state index in [1.165, 1.54) is 10.9 Å². The van der Waals surface area contributed by atoms with Crippen LogP contribution in [-0.4, -0.2) is 89.7 Å². The zero-order chi connectivity index (χ0) is 41.3. The fourth-order valence-electron chi connectivity index (χ4n) is 8.00. The number of aliphatic hydroxyl groups excluding tert-OH is 1. The Hall–Kier alpha value is -6.61. The molecule has 2 N–H and O–H groups in total. The molecule has 0 aliphatic carbocycles. The molecule has 0 spiro atoms. The highest BCUT2D eigenvalue weighted by atomic mass is 16.6. The molecule has 6 aromatic rings. The largest absolute Gasteiger partial charge is 0.497 e. The Labute approximate surface area is 341 Å². The number of nitrogens with zero attached hydrogens (tertiary/aromatic N) is 6. The van der Waals surface area contributed by atoms with E-state index in [0.717, 1.165) is 16.7 Å². The predicted octanol–water partition coefficient (Wildman–Crippen LogP) is 5.20. The van der Waals surface area contributed by atoms with Gasteiger partial charge in [0.2, 0.25) is 0 Å². The average molecular weight is 796 g/mol. The van der Waals surface area contributed by atoms with Crippen LogP contribution in [-0.2, 0) is 15.1 Å². The van der Waals surface area contributed by atoms with E-state index in [4.69, 9.17) is 18.9 Å². The van der Waals surface area contributed by atoms with Crippen molar-refractivity contribution in [2.45, 2.75) is 36.5 Å². The molecule has 4 aromatic carbocycles. The average Bonchev–Trinajstić information content (AvgIpc) is 3.72. The number of carbonyl (C=O) groups is 1. The van der Waals surface area contributed by atoms with E-state index in [0.29, 0.717) is 34.3 Å². The standard InChI is InChI=1S/C45H45N7O7/c1-29-25-51(43(55)49-40(29)48-41(54)30-12-8-6-9-13-30)42-38-39(53)44(59-42,26-52(38)37-24-36(50(2)3)46-28-47-37)27-58-45(31-14-10-7-11-15-31,32-16-20-34(56-4)21-17-32)33-18-22-35(57-5)23-19-33/h6-25,28,38-39,42,53H,26-27H2,1-5H3,(H,48,49,54,55)/t38-,39+,42-,44-/m1/s1. The molecular weight excluding hydrogens is 751 g/mol. The number of aryl methyl sites for hydroxylation is 1. The van der Waals surface area contributed by atoms with Crippen molar-refractivity contribution in [3.63, 3.8) is 0 Å². The van der Waals surface area contributed by atoms with Crippen molar-refractivity contribution in [3.05, 3.63) is 166 Å². The number of aliphatic hydroxyl groups is 1. The van der Waals surface area contributed by atoms with E-state index in [1.54, 1.807) is 51.6 Å². The molecule has 59 heavy (non-hydrogen) atoms. The summed E-state index contributed by atoms with van der Waals surface area (Å²) in [5.74, 6) is 2.27. The highest BCUT2D eigenvalue weighted by Crippen LogP contribution is 2.50. The van der Waals surface area contributed by atoms with Gasteiger partial charge in [-0.3, -0.25) is 9.36 Å². The number of amides is 1. The minimum Gasteiger partial charge on any atom is -0.497 e. The second kappa shape index (κ2) is 16.0. The van der Waals surface area contributed by atoms with Gasteiger partial charge in [0.05, 0.1) is 27.4 Å². The number of hydrogen-bond acceptors (Lipinski definition) is 12.